The minimum absolute atomic E-state index is 0.217. The molecule has 0 atom stereocenters. The van der Waals surface area contributed by atoms with Gasteiger partial charge in [-0.3, -0.25) is 9.59 Å². The normalized spacial score (nSPS) is 10.9. The SMILES string of the molecule is CCOC(=O)c1ccccc1NC(=O)Cn1nc(-c2ccc(C)cc2C)c2sc(C)nc2c1=O. The monoisotopic (exact) mass is 476 g/mol. The lowest BCUT2D eigenvalue weighted by molar-refractivity contribution is -0.117. The van der Waals surface area contributed by atoms with Crippen LogP contribution in [0.15, 0.2) is 47.3 Å². The summed E-state index contributed by atoms with van der Waals surface area (Å²) in [4.78, 5) is 42.6. The number of esters is 1. The first-order valence-electron chi connectivity index (χ1n) is 10.8. The van der Waals surface area contributed by atoms with Gasteiger partial charge in [0, 0.05) is 5.56 Å². The minimum atomic E-state index is -0.537. The number of ether oxygens (including phenoxy) is 1. The van der Waals surface area contributed by atoms with Crippen LogP contribution in [0.1, 0.15) is 33.4 Å². The van der Waals surface area contributed by atoms with Gasteiger partial charge in [0.1, 0.15) is 12.2 Å². The number of amides is 1. The highest BCUT2D eigenvalue weighted by molar-refractivity contribution is 7.19. The van der Waals surface area contributed by atoms with E-state index in [1.165, 1.54) is 11.3 Å². The van der Waals surface area contributed by atoms with Gasteiger partial charge in [-0.15, -0.1) is 11.3 Å². The average molecular weight is 477 g/mol. The summed E-state index contributed by atoms with van der Waals surface area (Å²) in [5.74, 6) is -1.03. The third-order valence-corrected chi connectivity index (χ3v) is 6.21. The molecule has 34 heavy (non-hydrogen) atoms. The van der Waals surface area contributed by atoms with E-state index in [-0.39, 0.29) is 24.2 Å². The molecule has 2 aromatic heterocycles. The summed E-state index contributed by atoms with van der Waals surface area (Å²) < 4.78 is 6.87. The topological polar surface area (TPSA) is 103 Å². The van der Waals surface area contributed by atoms with E-state index >= 15 is 0 Å². The van der Waals surface area contributed by atoms with Crippen LogP contribution in [-0.4, -0.2) is 33.2 Å². The van der Waals surface area contributed by atoms with Gasteiger partial charge in [0.25, 0.3) is 5.56 Å². The lowest BCUT2D eigenvalue weighted by Gasteiger charge is -2.12. The molecule has 174 valence electrons. The van der Waals surface area contributed by atoms with Crippen LogP contribution in [0, 0.1) is 20.8 Å². The Morgan fingerprint density at radius 1 is 1.12 bits per heavy atom. The first-order valence-corrected chi connectivity index (χ1v) is 11.6. The molecule has 0 aliphatic carbocycles. The maximum atomic E-state index is 13.1. The van der Waals surface area contributed by atoms with Crippen molar-refractivity contribution in [1.82, 2.24) is 14.8 Å². The lowest BCUT2D eigenvalue weighted by Crippen LogP contribution is -2.30. The van der Waals surface area contributed by atoms with Crippen LogP contribution >= 0.6 is 11.3 Å². The van der Waals surface area contributed by atoms with Gasteiger partial charge in [-0.1, -0.05) is 35.9 Å². The van der Waals surface area contributed by atoms with Crippen molar-refractivity contribution in [3.05, 3.63) is 74.5 Å². The number of nitrogens with zero attached hydrogens (tertiary/aromatic N) is 3. The van der Waals surface area contributed by atoms with E-state index in [4.69, 9.17) is 4.74 Å². The Kier molecular flexibility index (Phi) is 6.56. The molecule has 9 heteroatoms. The van der Waals surface area contributed by atoms with Crippen molar-refractivity contribution in [1.29, 1.82) is 0 Å². The summed E-state index contributed by atoms with van der Waals surface area (Å²) in [6, 6.07) is 12.6. The number of hydrogen-bond donors (Lipinski definition) is 1. The predicted molar refractivity (Wildman–Crippen MR) is 132 cm³/mol. The van der Waals surface area contributed by atoms with E-state index in [0.717, 1.165) is 26.4 Å². The van der Waals surface area contributed by atoms with Crippen LogP contribution in [0.2, 0.25) is 0 Å². The van der Waals surface area contributed by atoms with Crippen LogP contribution in [-0.2, 0) is 16.1 Å². The standard InChI is InChI=1S/C25H24N4O4S/c1-5-33-25(32)18-8-6-7-9-19(18)27-20(30)13-29-24(31)22-23(34-16(4)26-22)21(28-29)17-11-10-14(2)12-15(17)3/h6-12H,5,13H2,1-4H3,(H,27,30). The molecule has 0 radical (unpaired) electrons. The van der Waals surface area contributed by atoms with Gasteiger partial charge in [-0.05, 0) is 45.4 Å². The molecule has 0 fully saturated rings. The maximum Gasteiger partial charge on any atom is 0.340 e. The van der Waals surface area contributed by atoms with Crippen molar-refractivity contribution in [3.8, 4) is 11.3 Å². The predicted octanol–water partition coefficient (Wildman–Crippen LogP) is 4.26. The Hall–Kier alpha value is -3.85. The molecule has 0 bridgehead atoms. The van der Waals surface area contributed by atoms with Crippen LogP contribution in [0.25, 0.3) is 21.5 Å². The number of aromatic nitrogens is 3. The van der Waals surface area contributed by atoms with E-state index in [0.29, 0.717) is 16.1 Å². The molecule has 2 heterocycles. The van der Waals surface area contributed by atoms with Gasteiger partial charge < -0.3 is 10.1 Å². The van der Waals surface area contributed by atoms with Crippen molar-refractivity contribution in [2.75, 3.05) is 11.9 Å². The number of nitrogens with one attached hydrogen (secondary N) is 1. The molecule has 4 rings (SSSR count). The van der Waals surface area contributed by atoms with Crippen LogP contribution in [0.3, 0.4) is 0 Å². The molecule has 8 nitrogen and oxygen atoms in total. The fourth-order valence-corrected chi connectivity index (χ4v) is 4.64. The second-order valence-corrected chi connectivity index (χ2v) is 9.06. The summed E-state index contributed by atoms with van der Waals surface area (Å²) in [5, 5.41) is 8.01. The number of rotatable bonds is 6. The molecule has 0 aliphatic heterocycles. The van der Waals surface area contributed by atoms with Crippen molar-refractivity contribution in [2.24, 2.45) is 0 Å². The third-order valence-electron chi connectivity index (χ3n) is 5.23. The number of hydrogen-bond acceptors (Lipinski definition) is 7. The largest absolute Gasteiger partial charge is 0.462 e. The maximum absolute atomic E-state index is 13.1. The molecule has 0 aliphatic rings. The molecular weight excluding hydrogens is 452 g/mol. The molecule has 1 N–H and O–H groups in total. The minimum Gasteiger partial charge on any atom is -0.462 e. The number of para-hydroxylation sites is 1. The number of anilines is 1. The summed E-state index contributed by atoms with van der Waals surface area (Å²) in [6.45, 7) is 7.42. The van der Waals surface area contributed by atoms with Crippen molar-refractivity contribution < 1.29 is 14.3 Å². The third kappa shape index (κ3) is 4.60. The van der Waals surface area contributed by atoms with Crippen molar-refractivity contribution in [3.63, 3.8) is 0 Å². The first kappa shape index (κ1) is 23.3. The highest BCUT2D eigenvalue weighted by atomic mass is 32.1. The van der Waals surface area contributed by atoms with Gasteiger partial charge in [0.2, 0.25) is 5.91 Å². The molecule has 4 aromatic rings. The quantitative estimate of drug-likeness (QED) is 0.417. The van der Waals surface area contributed by atoms with Gasteiger partial charge in [-0.25, -0.2) is 14.5 Å². The van der Waals surface area contributed by atoms with Gasteiger partial charge in [0.05, 0.1) is 27.6 Å². The van der Waals surface area contributed by atoms with Gasteiger partial charge in [0.15, 0.2) is 5.52 Å². The summed E-state index contributed by atoms with van der Waals surface area (Å²) >= 11 is 1.40. The molecule has 2 aromatic carbocycles. The molecule has 1 amide bonds. The molecule has 0 saturated carbocycles. The zero-order valence-corrected chi connectivity index (χ0v) is 20.2. The highest BCUT2D eigenvalue weighted by Crippen LogP contribution is 2.31. The van der Waals surface area contributed by atoms with E-state index in [1.54, 1.807) is 31.2 Å². The van der Waals surface area contributed by atoms with Crippen molar-refractivity contribution in [2.45, 2.75) is 34.2 Å². The number of fused-ring (bicyclic) bond motifs is 1. The number of carbonyl (C=O) groups excluding carboxylic acids is 2. The highest BCUT2D eigenvalue weighted by Gasteiger charge is 2.20. The fourth-order valence-electron chi connectivity index (χ4n) is 3.73. The zero-order valence-electron chi connectivity index (χ0n) is 19.3. The van der Waals surface area contributed by atoms with Crippen LogP contribution in [0.5, 0.6) is 0 Å². The van der Waals surface area contributed by atoms with E-state index in [1.807, 2.05) is 39.0 Å². The van der Waals surface area contributed by atoms with Crippen molar-refractivity contribution >= 4 is 39.1 Å². The smallest absolute Gasteiger partial charge is 0.340 e. The summed E-state index contributed by atoms with van der Waals surface area (Å²) in [5.41, 5.74) is 4.00. The molecule has 0 unspecified atom stereocenters. The Bertz CT molecular complexity index is 1470. The fraction of sp³-hybridized carbons (Fsp3) is 0.240. The van der Waals surface area contributed by atoms with Gasteiger partial charge >= 0.3 is 5.97 Å². The molecular formula is C25H24N4O4S. The number of benzene rings is 2. The van der Waals surface area contributed by atoms with E-state index in [2.05, 4.69) is 15.4 Å². The van der Waals surface area contributed by atoms with E-state index in [9.17, 15) is 14.4 Å². The Labute approximate surface area is 200 Å². The molecule has 0 spiro atoms. The lowest BCUT2D eigenvalue weighted by atomic mass is 10.0. The van der Waals surface area contributed by atoms with Crippen LogP contribution in [0.4, 0.5) is 5.69 Å². The number of aryl methyl sites for hydroxylation is 3. The summed E-state index contributed by atoms with van der Waals surface area (Å²) in [6.07, 6.45) is 0. The zero-order chi connectivity index (χ0) is 24.4. The van der Waals surface area contributed by atoms with Gasteiger partial charge in [-0.2, -0.15) is 5.10 Å². The first-order chi connectivity index (χ1) is 16.3. The van der Waals surface area contributed by atoms with Crippen LogP contribution < -0.4 is 10.9 Å². The molecule has 0 saturated heterocycles. The average Bonchev–Trinajstić information content (AvgIpc) is 3.18. The number of thiazole rings is 1. The Morgan fingerprint density at radius 3 is 2.62 bits per heavy atom. The Morgan fingerprint density at radius 2 is 1.88 bits per heavy atom. The Balaban J connectivity index is 1.72. The second-order valence-electron chi connectivity index (χ2n) is 7.85. The summed E-state index contributed by atoms with van der Waals surface area (Å²) in [7, 11) is 0. The second kappa shape index (κ2) is 9.56. The van der Waals surface area contributed by atoms with E-state index < -0.39 is 17.4 Å². The number of carbonyl (C=O) groups is 2.